The Hall–Kier alpha value is -1.43. The van der Waals surface area contributed by atoms with Gasteiger partial charge < -0.3 is 4.74 Å². The molecule has 0 amide bonds. The lowest BCUT2D eigenvalue weighted by Gasteiger charge is -2.39. The van der Waals surface area contributed by atoms with Crippen LogP contribution in [0.15, 0.2) is 27.7 Å². The van der Waals surface area contributed by atoms with Crippen molar-refractivity contribution >= 4 is 22.2 Å². The number of allylic oxidation sites excluding steroid dienone is 1. The average molecular weight is 380 g/mol. The standard InChI is InChI=1S/C20H29NO4S/c1-13(2)26(23,24)21-12-15(4)16-7-9-20(10-8-16)18-6-5-14(3)11-17(18)19(22)25-20/h5-6,12-16H,7-11H2,1-4H3. The molecular weight excluding hydrogens is 350 g/mol. The highest BCUT2D eigenvalue weighted by atomic mass is 32.2. The van der Waals surface area contributed by atoms with E-state index in [1.54, 1.807) is 20.1 Å². The molecule has 0 radical (unpaired) electrons. The highest BCUT2D eigenvalue weighted by Crippen LogP contribution is 2.49. The summed E-state index contributed by atoms with van der Waals surface area (Å²) in [5, 5.41) is -0.496. The maximum Gasteiger partial charge on any atom is 0.335 e. The lowest BCUT2D eigenvalue weighted by Crippen LogP contribution is -2.38. The summed E-state index contributed by atoms with van der Waals surface area (Å²) in [6.45, 7) is 7.41. The van der Waals surface area contributed by atoms with Crippen molar-refractivity contribution in [3.05, 3.63) is 23.3 Å². The first-order valence-electron chi connectivity index (χ1n) is 9.59. The Balaban J connectivity index is 1.67. The molecule has 26 heavy (non-hydrogen) atoms. The van der Waals surface area contributed by atoms with Crippen molar-refractivity contribution in [2.75, 3.05) is 0 Å². The molecule has 3 rings (SSSR count). The predicted octanol–water partition coefficient (Wildman–Crippen LogP) is 3.81. The monoisotopic (exact) mass is 379 g/mol. The molecule has 1 fully saturated rings. The van der Waals surface area contributed by atoms with Crippen LogP contribution in [-0.2, 0) is 19.6 Å². The van der Waals surface area contributed by atoms with E-state index in [0.717, 1.165) is 43.3 Å². The van der Waals surface area contributed by atoms with Gasteiger partial charge in [0, 0.05) is 17.4 Å². The van der Waals surface area contributed by atoms with Gasteiger partial charge in [-0.15, -0.1) is 0 Å². The fourth-order valence-corrected chi connectivity index (χ4v) is 4.81. The quantitative estimate of drug-likeness (QED) is 0.550. The second kappa shape index (κ2) is 6.95. The van der Waals surface area contributed by atoms with Crippen LogP contribution in [0.2, 0.25) is 0 Å². The molecule has 0 bridgehead atoms. The Morgan fingerprint density at radius 3 is 2.54 bits per heavy atom. The van der Waals surface area contributed by atoms with E-state index in [9.17, 15) is 13.2 Å². The molecule has 0 aromatic heterocycles. The third kappa shape index (κ3) is 3.53. The summed E-state index contributed by atoms with van der Waals surface area (Å²) in [5.41, 5.74) is 1.49. The molecule has 2 aliphatic carbocycles. The van der Waals surface area contributed by atoms with Gasteiger partial charge in [-0.2, -0.15) is 4.40 Å². The zero-order valence-electron chi connectivity index (χ0n) is 16.1. The van der Waals surface area contributed by atoms with Crippen molar-refractivity contribution in [2.24, 2.45) is 22.2 Å². The molecule has 5 nitrogen and oxygen atoms in total. The molecule has 0 aromatic carbocycles. The van der Waals surface area contributed by atoms with Crippen LogP contribution in [0.3, 0.4) is 0 Å². The van der Waals surface area contributed by atoms with Crippen molar-refractivity contribution in [1.82, 2.24) is 0 Å². The van der Waals surface area contributed by atoms with Crippen LogP contribution in [0.1, 0.15) is 59.8 Å². The van der Waals surface area contributed by atoms with Crippen molar-refractivity contribution in [3.63, 3.8) is 0 Å². The van der Waals surface area contributed by atoms with Gasteiger partial charge in [0.25, 0.3) is 10.0 Å². The van der Waals surface area contributed by atoms with E-state index >= 15 is 0 Å². The number of sulfonamides is 1. The smallest absolute Gasteiger partial charge is 0.335 e. The lowest BCUT2D eigenvalue weighted by molar-refractivity contribution is -0.150. The molecule has 144 valence electrons. The van der Waals surface area contributed by atoms with Gasteiger partial charge in [-0.3, -0.25) is 0 Å². The SMILES string of the molecule is CC1C=CC2=C(C1)C(=O)OC21CCC(C(C)C=NS(=O)(=O)C(C)C)CC1. The van der Waals surface area contributed by atoms with E-state index in [0.29, 0.717) is 11.8 Å². The molecule has 1 heterocycles. The second-order valence-corrected chi connectivity index (χ2v) is 10.5. The van der Waals surface area contributed by atoms with Gasteiger partial charge in [0.15, 0.2) is 0 Å². The molecule has 0 saturated heterocycles. The molecule has 6 heteroatoms. The van der Waals surface area contributed by atoms with E-state index in [1.165, 1.54) is 0 Å². The van der Waals surface area contributed by atoms with E-state index < -0.39 is 20.9 Å². The minimum absolute atomic E-state index is 0.0911. The molecule has 0 N–H and O–H groups in total. The van der Waals surface area contributed by atoms with Crippen molar-refractivity contribution in [2.45, 2.75) is 70.7 Å². The highest BCUT2D eigenvalue weighted by Gasteiger charge is 2.49. The Morgan fingerprint density at radius 2 is 1.92 bits per heavy atom. The lowest BCUT2D eigenvalue weighted by atomic mass is 9.70. The molecule has 1 aliphatic heterocycles. The number of hydrogen-bond donors (Lipinski definition) is 0. The maximum absolute atomic E-state index is 12.3. The van der Waals surface area contributed by atoms with Crippen LogP contribution in [0.4, 0.5) is 0 Å². The van der Waals surface area contributed by atoms with Crippen LogP contribution in [-0.4, -0.2) is 31.5 Å². The third-order valence-corrected chi connectivity index (χ3v) is 7.70. The van der Waals surface area contributed by atoms with Gasteiger partial charge in [0.05, 0.1) is 5.25 Å². The number of nitrogens with zero attached hydrogens (tertiary/aromatic N) is 1. The molecule has 2 unspecified atom stereocenters. The number of carbonyl (C=O) groups is 1. The summed E-state index contributed by atoms with van der Waals surface area (Å²) < 4.78 is 33.5. The fourth-order valence-electron chi connectivity index (χ4n) is 4.20. The van der Waals surface area contributed by atoms with Gasteiger partial charge in [0.2, 0.25) is 0 Å². The van der Waals surface area contributed by atoms with Crippen molar-refractivity contribution in [1.29, 1.82) is 0 Å². The Bertz CT molecular complexity index is 768. The van der Waals surface area contributed by atoms with Crippen molar-refractivity contribution < 1.29 is 17.9 Å². The summed E-state index contributed by atoms with van der Waals surface area (Å²) in [7, 11) is -3.40. The summed E-state index contributed by atoms with van der Waals surface area (Å²) in [5.74, 6) is 0.689. The number of fused-ring (bicyclic) bond motifs is 1. The molecule has 1 saturated carbocycles. The Kier molecular flexibility index (Phi) is 5.17. The average Bonchev–Trinajstić information content (AvgIpc) is 2.85. The van der Waals surface area contributed by atoms with Gasteiger partial charge in [0.1, 0.15) is 5.60 Å². The highest BCUT2D eigenvalue weighted by molar-refractivity contribution is 7.90. The largest absolute Gasteiger partial charge is 0.451 e. The van der Waals surface area contributed by atoms with Crippen LogP contribution < -0.4 is 0 Å². The van der Waals surface area contributed by atoms with Crippen LogP contribution in [0.25, 0.3) is 0 Å². The third-order valence-electron chi connectivity index (χ3n) is 6.09. The summed E-state index contributed by atoms with van der Waals surface area (Å²) >= 11 is 0. The summed E-state index contributed by atoms with van der Waals surface area (Å²) in [6, 6.07) is 0. The topological polar surface area (TPSA) is 72.8 Å². The molecule has 0 aromatic rings. The normalized spacial score (nSPS) is 33.2. The van der Waals surface area contributed by atoms with Crippen LogP contribution in [0.5, 0.6) is 0 Å². The zero-order valence-corrected chi connectivity index (χ0v) is 16.9. The number of rotatable bonds is 4. The van der Waals surface area contributed by atoms with Crippen LogP contribution in [0, 0.1) is 17.8 Å². The van der Waals surface area contributed by atoms with Crippen molar-refractivity contribution in [3.8, 4) is 0 Å². The maximum atomic E-state index is 12.3. The van der Waals surface area contributed by atoms with Gasteiger partial charge in [-0.25, -0.2) is 13.2 Å². The fraction of sp³-hybridized carbons (Fsp3) is 0.700. The summed E-state index contributed by atoms with van der Waals surface area (Å²) in [4.78, 5) is 12.3. The summed E-state index contributed by atoms with van der Waals surface area (Å²) in [6.07, 6.45) is 10.0. The Morgan fingerprint density at radius 1 is 1.27 bits per heavy atom. The first kappa shape index (κ1) is 19.3. The van der Waals surface area contributed by atoms with Gasteiger partial charge >= 0.3 is 5.97 Å². The van der Waals surface area contributed by atoms with Gasteiger partial charge in [-0.05, 0) is 63.7 Å². The molecule has 2 atom stereocenters. The van der Waals surface area contributed by atoms with E-state index in [2.05, 4.69) is 23.5 Å². The molecule has 3 aliphatic rings. The second-order valence-electron chi connectivity index (χ2n) is 8.33. The zero-order chi connectivity index (χ0) is 19.1. The predicted molar refractivity (Wildman–Crippen MR) is 102 cm³/mol. The molecular formula is C20H29NO4S. The van der Waals surface area contributed by atoms with Crippen LogP contribution >= 0.6 is 0 Å². The minimum atomic E-state index is -3.40. The first-order valence-corrected chi connectivity index (χ1v) is 11.1. The number of hydrogen-bond acceptors (Lipinski definition) is 4. The van der Waals surface area contributed by atoms with Gasteiger partial charge in [-0.1, -0.05) is 26.0 Å². The minimum Gasteiger partial charge on any atom is -0.451 e. The first-order chi connectivity index (χ1) is 12.1. The Labute approximate surface area is 156 Å². The molecule has 1 spiro atoms. The van der Waals surface area contributed by atoms with E-state index in [-0.39, 0.29) is 11.9 Å². The number of esters is 1. The van der Waals surface area contributed by atoms with E-state index in [1.807, 2.05) is 6.92 Å². The number of carbonyl (C=O) groups excluding carboxylic acids is 1. The van der Waals surface area contributed by atoms with E-state index in [4.69, 9.17) is 4.74 Å². The number of ether oxygens (including phenoxy) is 1.